The number of thiophene rings is 1. The highest BCUT2D eigenvalue weighted by molar-refractivity contribution is 9.10. The summed E-state index contributed by atoms with van der Waals surface area (Å²) in [5, 5.41) is 3.84. The number of anilines is 1. The number of carbonyl (C=O) groups is 1. The molecule has 2 aromatic heterocycles. The molecule has 9 heteroatoms. The summed E-state index contributed by atoms with van der Waals surface area (Å²) in [5.74, 6) is -0.816. The third-order valence-corrected chi connectivity index (χ3v) is 7.55. The third kappa shape index (κ3) is 4.13. The summed E-state index contributed by atoms with van der Waals surface area (Å²) in [7, 11) is 0. The second-order valence-electron chi connectivity index (χ2n) is 6.80. The van der Waals surface area contributed by atoms with Crippen LogP contribution in [0.1, 0.15) is 30.2 Å². The lowest BCUT2D eigenvalue weighted by molar-refractivity contribution is -0.113. The van der Waals surface area contributed by atoms with Gasteiger partial charge in [-0.05, 0) is 56.4 Å². The van der Waals surface area contributed by atoms with Crippen molar-refractivity contribution < 1.29 is 9.18 Å². The normalized spacial score (nSPS) is 13.5. The SMILES string of the molecule is CCn1c(SCC(=O)Nc2ccc(Br)cc2F)nc2sc3c(c2c1=O)CCCC3. The molecule has 0 bridgehead atoms. The fourth-order valence-corrected chi connectivity index (χ4v) is 6.01. The molecule has 152 valence electrons. The number of hydrogen-bond donors (Lipinski definition) is 1. The molecule has 0 radical (unpaired) electrons. The first kappa shape index (κ1) is 20.6. The number of aromatic nitrogens is 2. The standard InChI is InChI=1S/C20H19BrFN3O2S2/c1-2-25-19(27)17-12-5-3-4-6-15(12)29-18(17)24-20(25)28-10-16(26)23-14-8-7-11(21)9-13(14)22/h7-9H,2-6,10H2,1H3,(H,23,26). The zero-order chi connectivity index (χ0) is 20.5. The molecule has 0 fully saturated rings. The molecule has 1 aromatic carbocycles. The molecule has 2 heterocycles. The maximum atomic E-state index is 13.9. The first-order valence-electron chi connectivity index (χ1n) is 9.40. The summed E-state index contributed by atoms with van der Waals surface area (Å²) in [4.78, 5) is 32.1. The molecular formula is C20H19BrFN3O2S2. The van der Waals surface area contributed by atoms with Crippen LogP contribution in [0.25, 0.3) is 10.2 Å². The number of fused-ring (bicyclic) bond motifs is 3. The molecule has 0 unspecified atom stereocenters. The number of rotatable bonds is 5. The van der Waals surface area contributed by atoms with Crippen molar-refractivity contribution in [2.45, 2.75) is 44.3 Å². The highest BCUT2D eigenvalue weighted by Crippen LogP contribution is 2.34. The molecule has 1 N–H and O–H groups in total. The van der Waals surface area contributed by atoms with Gasteiger partial charge in [-0.1, -0.05) is 27.7 Å². The highest BCUT2D eigenvalue weighted by atomic mass is 79.9. The minimum Gasteiger partial charge on any atom is -0.323 e. The summed E-state index contributed by atoms with van der Waals surface area (Å²) < 4.78 is 16.2. The number of thioether (sulfide) groups is 1. The van der Waals surface area contributed by atoms with E-state index >= 15 is 0 Å². The maximum Gasteiger partial charge on any atom is 0.263 e. The quantitative estimate of drug-likeness (QED) is 0.400. The Hall–Kier alpha value is -1.71. The monoisotopic (exact) mass is 495 g/mol. The fraction of sp³-hybridized carbons (Fsp3) is 0.350. The Labute approximate surface area is 183 Å². The van der Waals surface area contributed by atoms with Gasteiger partial charge in [0.05, 0.1) is 16.8 Å². The topological polar surface area (TPSA) is 64.0 Å². The van der Waals surface area contributed by atoms with Crippen molar-refractivity contribution in [2.24, 2.45) is 0 Å². The van der Waals surface area contributed by atoms with Gasteiger partial charge >= 0.3 is 0 Å². The van der Waals surface area contributed by atoms with Crippen molar-refractivity contribution >= 4 is 60.8 Å². The molecule has 5 nitrogen and oxygen atoms in total. The van der Waals surface area contributed by atoms with E-state index in [1.165, 1.54) is 28.8 Å². The fourth-order valence-electron chi connectivity index (χ4n) is 3.52. The van der Waals surface area contributed by atoms with Gasteiger partial charge in [0.2, 0.25) is 5.91 Å². The van der Waals surface area contributed by atoms with Crippen LogP contribution in [0.5, 0.6) is 0 Å². The molecule has 0 aliphatic heterocycles. The lowest BCUT2D eigenvalue weighted by Gasteiger charge is -2.12. The lowest BCUT2D eigenvalue weighted by atomic mass is 9.97. The van der Waals surface area contributed by atoms with E-state index in [9.17, 15) is 14.0 Å². The average molecular weight is 496 g/mol. The average Bonchev–Trinajstić information content (AvgIpc) is 3.07. The number of hydrogen-bond acceptors (Lipinski definition) is 5. The summed E-state index contributed by atoms with van der Waals surface area (Å²) in [6.07, 6.45) is 4.19. The molecule has 3 aromatic rings. The van der Waals surface area contributed by atoms with Gasteiger partial charge < -0.3 is 5.32 Å². The van der Waals surface area contributed by atoms with Crippen LogP contribution >= 0.6 is 39.0 Å². The molecule has 1 aliphatic rings. The highest BCUT2D eigenvalue weighted by Gasteiger charge is 2.22. The lowest BCUT2D eigenvalue weighted by Crippen LogP contribution is -2.24. The zero-order valence-corrected chi connectivity index (χ0v) is 19.0. The van der Waals surface area contributed by atoms with Gasteiger partial charge in [0.1, 0.15) is 10.6 Å². The zero-order valence-electron chi connectivity index (χ0n) is 15.8. The van der Waals surface area contributed by atoms with Crippen molar-refractivity contribution in [2.75, 3.05) is 11.1 Å². The van der Waals surface area contributed by atoms with Crippen LogP contribution in [0.15, 0.2) is 32.6 Å². The summed E-state index contributed by atoms with van der Waals surface area (Å²) in [5.41, 5.74) is 1.26. The number of benzene rings is 1. The Balaban J connectivity index is 1.57. The Morgan fingerprint density at radius 1 is 1.38 bits per heavy atom. The molecular weight excluding hydrogens is 477 g/mol. The van der Waals surface area contributed by atoms with E-state index in [0.717, 1.165) is 41.5 Å². The summed E-state index contributed by atoms with van der Waals surface area (Å²) in [6.45, 7) is 2.38. The van der Waals surface area contributed by atoms with Gasteiger partial charge in [0.15, 0.2) is 5.16 Å². The number of amides is 1. The number of nitrogens with zero attached hydrogens (tertiary/aromatic N) is 2. The van der Waals surface area contributed by atoms with E-state index in [1.54, 1.807) is 22.0 Å². The van der Waals surface area contributed by atoms with Crippen LogP contribution < -0.4 is 10.9 Å². The second-order valence-corrected chi connectivity index (χ2v) is 9.74. The molecule has 1 aliphatic carbocycles. The minimum atomic E-state index is -0.507. The Kier molecular flexibility index (Phi) is 6.08. The van der Waals surface area contributed by atoms with Crippen molar-refractivity contribution in [3.05, 3.63) is 49.3 Å². The third-order valence-electron chi connectivity index (χ3n) is 4.89. The van der Waals surface area contributed by atoms with Crippen LogP contribution in [-0.2, 0) is 24.2 Å². The largest absolute Gasteiger partial charge is 0.323 e. The van der Waals surface area contributed by atoms with Crippen molar-refractivity contribution in [1.82, 2.24) is 9.55 Å². The molecule has 0 spiro atoms. The van der Waals surface area contributed by atoms with Crippen LogP contribution in [0.3, 0.4) is 0 Å². The van der Waals surface area contributed by atoms with E-state index < -0.39 is 5.82 Å². The number of carbonyl (C=O) groups excluding carboxylic acids is 1. The predicted molar refractivity (Wildman–Crippen MR) is 120 cm³/mol. The van der Waals surface area contributed by atoms with E-state index in [4.69, 9.17) is 4.98 Å². The van der Waals surface area contributed by atoms with Crippen molar-refractivity contribution in [3.63, 3.8) is 0 Å². The van der Waals surface area contributed by atoms with E-state index in [-0.39, 0.29) is 22.9 Å². The smallest absolute Gasteiger partial charge is 0.263 e. The Bertz CT molecular complexity index is 1160. The number of aryl methyl sites for hydroxylation is 2. The predicted octanol–water partition coefficient (Wildman–Crippen LogP) is 4.99. The van der Waals surface area contributed by atoms with Gasteiger partial charge in [-0.15, -0.1) is 11.3 Å². The number of halogens is 2. The Morgan fingerprint density at radius 3 is 2.93 bits per heavy atom. The van der Waals surface area contributed by atoms with Crippen LogP contribution in [0, 0.1) is 5.82 Å². The van der Waals surface area contributed by atoms with Crippen LogP contribution in [0.2, 0.25) is 0 Å². The molecule has 29 heavy (non-hydrogen) atoms. The minimum absolute atomic E-state index is 0.0289. The second kappa shape index (κ2) is 8.57. The van der Waals surface area contributed by atoms with Gasteiger partial charge in [-0.3, -0.25) is 14.2 Å². The van der Waals surface area contributed by atoms with Gasteiger partial charge in [-0.2, -0.15) is 0 Å². The number of nitrogens with one attached hydrogen (secondary N) is 1. The van der Waals surface area contributed by atoms with Crippen LogP contribution in [0.4, 0.5) is 10.1 Å². The summed E-state index contributed by atoms with van der Waals surface area (Å²) >= 11 is 5.98. The van der Waals surface area contributed by atoms with Gasteiger partial charge in [-0.25, -0.2) is 9.37 Å². The molecule has 1 amide bonds. The molecule has 0 saturated carbocycles. The first-order valence-corrected chi connectivity index (χ1v) is 12.0. The van der Waals surface area contributed by atoms with Gasteiger partial charge in [0.25, 0.3) is 5.56 Å². The van der Waals surface area contributed by atoms with Crippen LogP contribution in [-0.4, -0.2) is 21.2 Å². The maximum absolute atomic E-state index is 13.9. The first-order chi connectivity index (χ1) is 14.0. The van der Waals surface area contributed by atoms with Crippen molar-refractivity contribution in [1.29, 1.82) is 0 Å². The van der Waals surface area contributed by atoms with Crippen molar-refractivity contribution in [3.8, 4) is 0 Å². The molecule has 0 saturated heterocycles. The van der Waals surface area contributed by atoms with E-state index in [1.807, 2.05) is 6.92 Å². The summed E-state index contributed by atoms with van der Waals surface area (Å²) in [6, 6.07) is 4.46. The van der Waals surface area contributed by atoms with E-state index in [2.05, 4.69) is 21.2 Å². The van der Waals surface area contributed by atoms with Gasteiger partial charge in [0, 0.05) is 15.9 Å². The van der Waals surface area contributed by atoms with E-state index in [0.29, 0.717) is 16.2 Å². The Morgan fingerprint density at radius 2 is 2.17 bits per heavy atom. The molecule has 4 rings (SSSR count). The molecule has 0 atom stereocenters.